The average molecular weight is 449 g/mol. The molecule has 2 aliphatic rings. The molecule has 3 aromatic rings. The molecule has 5 rings (SSSR count). The minimum Gasteiger partial charge on any atom is -0.496 e. The molecule has 1 amide bonds. The summed E-state index contributed by atoms with van der Waals surface area (Å²) in [5, 5.41) is 4.21. The number of ether oxygens (including phenoxy) is 2. The van der Waals surface area contributed by atoms with Crippen LogP contribution < -0.4 is 9.47 Å². The lowest BCUT2D eigenvalue weighted by molar-refractivity contribution is -0.133. The zero-order valence-electron chi connectivity index (χ0n) is 18.3. The maximum absolute atomic E-state index is 13.5. The molecule has 32 heavy (non-hydrogen) atoms. The number of hydrogen-bond acceptors (Lipinski definition) is 5. The summed E-state index contributed by atoms with van der Waals surface area (Å²) >= 11 is 1.67. The second-order valence-corrected chi connectivity index (χ2v) is 9.21. The van der Waals surface area contributed by atoms with E-state index in [1.807, 2.05) is 41.3 Å². The Balaban J connectivity index is 1.37. The Morgan fingerprint density at radius 1 is 1.16 bits per heavy atom. The molecule has 2 aliphatic heterocycles. The minimum atomic E-state index is -0.0821. The van der Waals surface area contributed by atoms with Crippen molar-refractivity contribution in [3.63, 3.8) is 0 Å². The highest BCUT2D eigenvalue weighted by atomic mass is 32.1. The van der Waals surface area contributed by atoms with Crippen LogP contribution in [0.15, 0.2) is 65.4 Å². The summed E-state index contributed by atoms with van der Waals surface area (Å²) in [5.74, 6) is 1.93. The first-order valence-corrected chi connectivity index (χ1v) is 12.1. The third kappa shape index (κ3) is 4.25. The Kier molecular flexibility index (Phi) is 6.14. The number of fused-ring (bicyclic) bond motifs is 1. The first-order valence-electron chi connectivity index (χ1n) is 11.1. The van der Waals surface area contributed by atoms with Crippen molar-refractivity contribution in [3.05, 3.63) is 82.0 Å². The van der Waals surface area contributed by atoms with Crippen LogP contribution in [0.25, 0.3) is 0 Å². The van der Waals surface area contributed by atoms with E-state index in [4.69, 9.17) is 9.47 Å². The van der Waals surface area contributed by atoms with E-state index in [2.05, 4.69) is 33.9 Å². The maximum atomic E-state index is 13.5. The number of hydrogen-bond donors (Lipinski definition) is 0. The zero-order valence-corrected chi connectivity index (χ0v) is 19.1. The predicted molar refractivity (Wildman–Crippen MR) is 126 cm³/mol. The lowest BCUT2D eigenvalue weighted by Crippen LogP contribution is -2.41. The normalized spacial score (nSPS) is 21.0. The van der Waals surface area contributed by atoms with E-state index in [9.17, 15) is 4.79 Å². The summed E-state index contributed by atoms with van der Waals surface area (Å²) in [7, 11) is 1.69. The molecule has 1 fully saturated rings. The number of rotatable bonds is 5. The van der Waals surface area contributed by atoms with Gasteiger partial charge in [0.15, 0.2) is 0 Å². The van der Waals surface area contributed by atoms with Gasteiger partial charge in [-0.05, 0) is 41.8 Å². The Morgan fingerprint density at radius 3 is 2.84 bits per heavy atom. The first-order chi connectivity index (χ1) is 15.7. The van der Waals surface area contributed by atoms with Crippen LogP contribution in [-0.2, 0) is 11.3 Å². The summed E-state index contributed by atoms with van der Waals surface area (Å²) in [6.07, 6.45) is 1.90. The van der Waals surface area contributed by atoms with Crippen molar-refractivity contribution in [2.24, 2.45) is 0 Å². The van der Waals surface area contributed by atoms with Crippen molar-refractivity contribution >= 4 is 17.2 Å². The fourth-order valence-electron chi connectivity index (χ4n) is 4.84. The van der Waals surface area contributed by atoms with Crippen LogP contribution in [0.2, 0.25) is 0 Å². The molecule has 0 saturated carbocycles. The van der Waals surface area contributed by atoms with Gasteiger partial charge in [-0.3, -0.25) is 9.69 Å². The van der Waals surface area contributed by atoms with Crippen molar-refractivity contribution < 1.29 is 14.3 Å². The van der Waals surface area contributed by atoms with Gasteiger partial charge in [0.05, 0.1) is 19.7 Å². The Labute approximate surface area is 193 Å². The van der Waals surface area contributed by atoms with Crippen LogP contribution in [0.3, 0.4) is 0 Å². The summed E-state index contributed by atoms with van der Waals surface area (Å²) in [6, 6.07) is 18.4. The fraction of sp³-hybridized carbons (Fsp3) is 0.346. The van der Waals surface area contributed by atoms with Crippen molar-refractivity contribution in [2.45, 2.75) is 31.5 Å². The lowest BCUT2D eigenvalue weighted by atomic mass is 10.0. The Morgan fingerprint density at radius 2 is 2.00 bits per heavy atom. The van der Waals surface area contributed by atoms with E-state index in [1.165, 1.54) is 0 Å². The molecule has 2 unspecified atom stereocenters. The molecule has 1 aromatic heterocycles. The van der Waals surface area contributed by atoms with E-state index in [1.54, 1.807) is 18.4 Å². The molecule has 2 aromatic carbocycles. The van der Waals surface area contributed by atoms with Gasteiger partial charge in [0.2, 0.25) is 5.91 Å². The van der Waals surface area contributed by atoms with Gasteiger partial charge < -0.3 is 14.4 Å². The number of likely N-dealkylation sites (tertiary alicyclic amines) is 1. The third-order valence-corrected chi connectivity index (χ3v) is 7.11. The maximum Gasteiger partial charge on any atom is 0.237 e. The van der Waals surface area contributed by atoms with Gasteiger partial charge in [0.1, 0.15) is 17.6 Å². The number of amides is 1. The summed E-state index contributed by atoms with van der Waals surface area (Å²) in [5.41, 5.74) is 3.39. The van der Waals surface area contributed by atoms with Gasteiger partial charge in [-0.15, -0.1) is 0 Å². The lowest BCUT2D eigenvalue weighted by Gasteiger charge is -2.30. The summed E-state index contributed by atoms with van der Waals surface area (Å²) in [6.45, 7) is 2.56. The largest absolute Gasteiger partial charge is 0.496 e. The SMILES string of the molecule is COc1ccccc1C1CCCN1C(=O)CN1Cc2ccccc2OC(c2ccsc2)C1. The first kappa shape index (κ1) is 21.0. The van der Waals surface area contributed by atoms with E-state index in [-0.39, 0.29) is 18.1 Å². The molecule has 5 nitrogen and oxygen atoms in total. The molecular weight excluding hydrogens is 420 g/mol. The second-order valence-electron chi connectivity index (χ2n) is 8.43. The quantitative estimate of drug-likeness (QED) is 0.547. The molecular formula is C26H28N2O3S. The number of nitrogens with zero attached hydrogens (tertiary/aromatic N) is 2. The standard InChI is InChI=1S/C26H28N2O3S/c1-30-24-11-5-3-8-21(24)22-9-6-13-28(22)26(29)17-27-15-19-7-2-4-10-23(19)31-25(16-27)20-12-14-32-18-20/h2-5,7-8,10-12,14,18,22,25H,6,9,13,15-17H2,1H3. The van der Waals surface area contributed by atoms with Crippen molar-refractivity contribution in [1.82, 2.24) is 9.80 Å². The average Bonchev–Trinajstić information content (AvgIpc) is 3.49. The van der Waals surface area contributed by atoms with Crippen LogP contribution in [0.5, 0.6) is 11.5 Å². The molecule has 0 bridgehead atoms. The smallest absolute Gasteiger partial charge is 0.237 e. The predicted octanol–water partition coefficient (Wildman–Crippen LogP) is 5.06. The van der Waals surface area contributed by atoms with Gasteiger partial charge in [-0.1, -0.05) is 36.4 Å². The van der Waals surface area contributed by atoms with E-state index in [0.717, 1.165) is 47.6 Å². The van der Waals surface area contributed by atoms with Gasteiger partial charge in [-0.2, -0.15) is 11.3 Å². The van der Waals surface area contributed by atoms with Crippen molar-refractivity contribution in [3.8, 4) is 11.5 Å². The van der Waals surface area contributed by atoms with Gasteiger partial charge in [-0.25, -0.2) is 0 Å². The second kappa shape index (κ2) is 9.35. The van der Waals surface area contributed by atoms with E-state index >= 15 is 0 Å². The molecule has 0 spiro atoms. The highest BCUT2D eigenvalue weighted by Gasteiger charge is 2.33. The topological polar surface area (TPSA) is 42.0 Å². The van der Waals surface area contributed by atoms with Crippen molar-refractivity contribution in [2.75, 3.05) is 26.7 Å². The van der Waals surface area contributed by atoms with Crippen LogP contribution in [0.4, 0.5) is 0 Å². The van der Waals surface area contributed by atoms with Crippen LogP contribution in [-0.4, -0.2) is 42.5 Å². The molecule has 6 heteroatoms. The molecule has 0 aliphatic carbocycles. The molecule has 3 heterocycles. The molecule has 2 atom stereocenters. The van der Waals surface area contributed by atoms with Crippen LogP contribution >= 0.6 is 11.3 Å². The number of benzene rings is 2. The van der Waals surface area contributed by atoms with Crippen molar-refractivity contribution in [1.29, 1.82) is 0 Å². The van der Waals surface area contributed by atoms with E-state index in [0.29, 0.717) is 19.6 Å². The summed E-state index contributed by atoms with van der Waals surface area (Å²) in [4.78, 5) is 17.8. The monoisotopic (exact) mass is 448 g/mol. The number of thiophene rings is 1. The van der Waals surface area contributed by atoms with Gasteiger partial charge in [0, 0.05) is 36.3 Å². The minimum absolute atomic E-state index is 0.0711. The highest BCUT2D eigenvalue weighted by molar-refractivity contribution is 7.07. The molecule has 0 radical (unpaired) electrons. The molecule has 166 valence electrons. The number of methoxy groups -OCH3 is 1. The van der Waals surface area contributed by atoms with Crippen LogP contribution in [0.1, 0.15) is 41.7 Å². The van der Waals surface area contributed by atoms with Crippen LogP contribution in [0, 0.1) is 0 Å². The number of carbonyl (C=O) groups is 1. The van der Waals surface area contributed by atoms with Gasteiger partial charge >= 0.3 is 0 Å². The Bertz CT molecular complexity index is 1070. The fourth-order valence-corrected chi connectivity index (χ4v) is 5.55. The van der Waals surface area contributed by atoms with Gasteiger partial charge in [0.25, 0.3) is 0 Å². The highest BCUT2D eigenvalue weighted by Crippen LogP contribution is 2.37. The third-order valence-electron chi connectivity index (χ3n) is 6.40. The Hall–Kier alpha value is -2.83. The molecule has 1 saturated heterocycles. The number of para-hydroxylation sites is 2. The zero-order chi connectivity index (χ0) is 21.9. The summed E-state index contributed by atoms with van der Waals surface area (Å²) < 4.78 is 12.0. The molecule has 0 N–H and O–H groups in total. The van der Waals surface area contributed by atoms with E-state index < -0.39 is 0 Å². The number of carbonyl (C=O) groups excluding carboxylic acids is 1.